The highest BCUT2D eigenvalue weighted by Gasteiger charge is 2.14. The molecule has 0 saturated carbocycles. The summed E-state index contributed by atoms with van der Waals surface area (Å²) < 4.78 is 0. The molecule has 0 fully saturated rings. The minimum absolute atomic E-state index is 0.173. The standard InChI is InChI=1S/C14H24N2OS/c1-4-15(5-2)10-8-11-16(6-3)14(17)13-9-7-12-18-13/h7,9,12H,4-6,8,10-11H2,1-3H3. The van der Waals surface area contributed by atoms with Crippen molar-refractivity contribution in [1.82, 2.24) is 9.80 Å². The molecule has 0 aromatic carbocycles. The lowest BCUT2D eigenvalue weighted by Crippen LogP contribution is -2.34. The third-order valence-corrected chi connectivity index (χ3v) is 4.06. The molecule has 0 radical (unpaired) electrons. The molecule has 102 valence electrons. The lowest BCUT2D eigenvalue weighted by atomic mass is 10.3. The summed E-state index contributed by atoms with van der Waals surface area (Å²) >= 11 is 1.52. The number of amides is 1. The first-order valence-corrected chi connectivity index (χ1v) is 7.66. The maximum absolute atomic E-state index is 12.2. The maximum Gasteiger partial charge on any atom is 0.263 e. The van der Waals surface area contributed by atoms with Gasteiger partial charge in [0, 0.05) is 13.1 Å². The highest BCUT2D eigenvalue weighted by atomic mass is 32.1. The molecular formula is C14H24N2OS. The van der Waals surface area contributed by atoms with E-state index >= 15 is 0 Å². The van der Waals surface area contributed by atoms with E-state index in [2.05, 4.69) is 18.7 Å². The molecule has 0 aliphatic rings. The van der Waals surface area contributed by atoms with Crippen LogP contribution in [-0.2, 0) is 0 Å². The molecule has 0 N–H and O–H groups in total. The smallest absolute Gasteiger partial charge is 0.263 e. The van der Waals surface area contributed by atoms with Crippen LogP contribution in [0.2, 0.25) is 0 Å². The lowest BCUT2D eigenvalue weighted by molar-refractivity contribution is 0.0762. The minimum Gasteiger partial charge on any atom is -0.338 e. The predicted octanol–water partition coefficient (Wildman–Crippen LogP) is 2.94. The van der Waals surface area contributed by atoms with Crippen molar-refractivity contribution in [2.24, 2.45) is 0 Å². The molecule has 3 nitrogen and oxygen atoms in total. The van der Waals surface area contributed by atoms with Crippen molar-refractivity contribution in [1.29, 1.82) is 0 Å². The second kappa shape index (κ2) is 8.27. The van der Waals surface area contributed by atoms with Gasteiger partial charge in [-0.25, -0.2) is 0 Å². The Morgan fingerprint density at radius 3 is 2.39 bits per heavy atom. The van der Waals surface area contributed by atoms with Crippen LogP contribution in [0.15, 0.2) is 17.5 Å². The van der Waals surface area contributed by atoms with E-state index in [0.717, 1.165) is 44.0 Å². The summed E-state index contributed by atoms with van der Waals surface area (Å²) in [6.07, 6.45) is 1.05. The summed E-state index contributed by atoms with van der Waals surface area (Å²) in [6.45, 7) is 11.3. The van der Waals surface area contributed by atoms with Crippen LogP contribution in [0.5, 0.6) is 0 Å². The summed E-state index contributed by atoms with van der Waals surface area (Å²) in [4.78, 5) is 17.4. The second-order valence-corrected chi connectivity index (χ2v) is 5.19. The molecule has 1 amide bonds. The second-order valence-electron chi connectivity index (χ2n) is 4.24. The number of rotatable bonds is 8. The van der Waals surface area contributed by atoms with Crippen molar-refractivity contribution in [3.05, 3.63) is 22.4 Å². The molecule has 0 aliphatic heterocycles. The predicted molar refractivity (Wildman–Crippen MR) is 78.3 cm³/mol. The molecule has 0 aliphatic carbocycles. The first-order chi connectivity index (χ1) is 8.72. The van der Waals surface area contributed by atoms with Crippen LogP contribution in [0, 0.1) is 0 Å². The summed E-state index contributed by atoms with van der Waals surface area (Å²) in [6, 6.07) is 3.84. The fraction of sp³-hybridized carbons (Fsp3) is 0.643. The fourth-order valence-corrected chi connectivity index (χ4v) is 2.68. The summed E-state index contributed by atoms with van der Waals surface area (Å²) in [7, 11) is 0. The number of hydrogen-bond donors (Lipinski definition) is 0. The van der Waals surface area contributed by atoms with Crippen LogP contribution in [0.4, 0.5) is 0 Å². The minimum atomic E-state index is 0.173. The van der Waals surface area contributed by atoms with E-state index in [9.17, 15) is 4.79 Å². The van der Waals surface area contributed by atoms with Crippen LogP contribution < -0.4 is 0 Å². The summed E-state index contributed by atoms with van der Waals surface area (Å²) in [5.41, 5.74) is 0. The zero-order chi connectivity index (χ0) is 13.4. The quantitative estimate of drug-likeness (QED) is 0.724. The first-order valence-electron chi connectivity index (χ1n) is 6.78. The Morgan fingerprint density at radius 2 is 1.89 bits per heavy atom. The van der Waals surface area contributed by atoms with Crippen LogP contribution in [0.25, 0.3) is 0 Å². The number of hydrogen-bond acceptors (Lipinski definition) is 3. The normalized spacial score (nSPS) is 10.9. The van der Waals surface area contributed by atoms with E-state index in [1.807, 2.05) is 29.3 Å². The van der Waals surface area contributed by atoms with E-state index in [4.69, 9.17) is 0 Å². The van der Waals surface area contributed by atoms with Gasteiger partial charge in [-0.1, -0.05) is 19.9 Å². The Hall–Kier alpha value is -0.870. The van der Waals surface area contributed by atoms with Crippen molar-refractivity contribution < 1.29 is 4.79 Å². The van der Waals surface area contributed by atoms with Gasteiger partial charge in [-0.15, -0.1) is 11.3 Å². The lowest BCUT2D eigenvalue weighted by Gasteiger charge is -2.23. The van der Waals surface area contributed by atoms with Gasteiger partial charge in [-0.05, 0) is 44.4 Å². The van der Waals surface area contributed by atoms with Gasteiger partial charge in [0.25, 0.3) is 5.91 Å². The molecule has 0 unspecified atom stereocenters. The molecule has 0 atom stereocenters. The molecule has 18 heavy (non-hydrogen) atoms. The molecular weight excluding hydrogens is 244 g/mol. The molecule has 0 bridgehead atoms. The molecule has 0 spiro atoms. The van der Waals surface area contributed by atoms with Gasteiger partial charge in [0.1, 0.15) is 0 Å². The Morgan fingerprint density at radius 1 is 1.17 bits per heavy atom. The molecule has 1 heterocycles. The van der Waals surface area contributed by atoms with E-state index in [1.165, 1.54) is 11.3 Å². The van der Waals surface area contributed by atoms with Crippen LogP contribution in [0.1, 0.15) is 36.9 Å². The SMILES string of the molecule is CCN(CC)CCCN(CC)C(=O)c1cccs1. The average molecular weight is 268 g/mol. The zero-order valence-corrected chi connectivity index (χ0v) is 12.5. The van der Waals surface area contributed by atoms with Gasteiger partial charge in [0.05, 0.1) is 4.88 Å². The zero-order valence-electron chi connectivity index (χ0n) is 11.7. The Labute approximate surface area is 114 Å². The Bertz CT molecular complexity index is 334. The molecule has 1 aromatic rings. The van der Waals surface area contributed by atoms with Crippen molar-refractivity contribution in [2.45, 2.75) is 27.2 Å². The highest BCUT2D eigenvalue weighted by Crippen LogP contribution is 2.12. The highest BCUT2D eigenvalue weighted by molar-refractivity contribution is 7.12. The van der Waals surface area contributed by atoms with Crippen molar-refractivity contribution in [3.8, 4) is 0 Å². The number of nitrogens with zero attached hydrogens (tertiary/aromatic N) is 2. The van der Waals surface area contributed by atoms with E-state index in [0.29, 0.717) is 0 Å². The molecule has 1 aromatic heterocycles. The van der Waals surface area contributed by atoms with Crippen molar-refractivity contribution >= 4 is 17.2 Å². The number of carbonyl (C=O) groups excluding carboxylic acids is 1. The van der Waals surface area contributed by atoms with Gasteiger partial charge in [-0.3, -0.25) is 4.79 Å². The van der Waals surface area contributed by atoms with E-state index in [1.54, 1.807) is 0 Å². The monoisotopic (exact) mass is 268 g/mol. The maximum atomic E-state index is 12.2. The van der Waals surface area contributed by atoms with E-state index < -0.39 is 0 Å². The van der Waals surface area contributed by atoms with E-state index in [-0.39, 0.29) is 5.91 Å². The van der Waals surface area contributed by atoms with Crippen molar-refractivity contribution in [3.63, 3.8) is 0 Å². The third kappa shape index (κ3) is 4.42. The van der Waals surface area contributed by atoms with Crippen LogP contribution >= 0.6 is 11.3 Å². The molecule has 0 saturated heterocycles. The number of carbonyl (C=O) groups is 1. The average Bonchev–Trinajstić information content (AvgIpc) is 2.92. The Balaban J connectivity index is 2.40. The first kappa shape index (κ1) is 15.2. The number of thiophene rings is 1. The van der Waals surface area contributed by atoms with Crippen molar-refractivity contribution in [2.75, 3.05) is 32.7 Å². The van der Waals surface area contributed by atoms with Crippen LogP contribution in [-0.4, -0.2) is 48.4 Å². The largest absolute Gasteiger partial charge is 0.338 e. The van der Waals surface area contributed by atoms with Gasteiger partial charge >= 0.3 is 0 Å². The third-order valence-electron chi connectivity index (χ3n) is 3.20. The summed E-state index contributed by atoms with van der Waals surface area (Å²) in [5, 5.41) is 1.96. The van der Waals surface area contributed by atoms with Gasteiger partial charge in [0.2, 0.25) is 0 Å². The topological polar surface area (TPSA) is 23.6 Å². The molecule has 4 heteroatoms. The summed E-state index contributed by atoms with van der Waals surface area (Å²) in [5.74, 6) is 0.173. The molecule has 1 rings (SSSR count). The van der Waals surface area contributed by atoms with Gasteiger partial charge < -0.3 is 9.80 Å². The van der Waals surface area contributed by atoms with Gasteiger partial charge in [-0.2, -0.15) is 0 Å². The van der Waals surface area contributed by atoms with Crippen LogP contribution in [0.3, 0.4) is 0 Å². The van der Waals surface area contributed by atoms with Gasteiger partial charge in [0.15, 0.2) is 0 Å². The Kier molecular flexibility index (Phi) is 6.98. The fourth-order valence-electron chi connectivity index (χ4n) is 1.98.